The standard InChI is InChI=1S/C13H17NO3/c15-13(16)11-6-8-14-12(11)7-9-17-10-4-2-1-3-5-10/h1-5,11-12,14H,6-9H2,(H,15,16). The Kier molecular flexibility index (Phi) is 3.98. The number of carboxylic acids is 1. The number of aliphatic carboxylic acids is 1. The number of nitrogens with one attached hydrogen (secondary N) is 1. The first-order valence-electron chi connectivity index (χ1n) is 5.91. The normalized spacial score (nSPS) is 23.5. The van der Waals surface area contributed by atoms with E-state index < -0.39 is 5.97 Å². The van der Waals surface area contributed by atoms with E-state index in [1.807, 2.05) is 30.3 Å². The van der Waals surface area contributed by atoms with Crippen molar-refractivity contribution in [1.82, 2.24) is 5.32 Å². The summed E-state index contributed by atoms with van der Waals surface area (Å²) >= 11 is 0. The maximum atomic E-state index is 11.0. The zero-order valence-corrected chi connectivity index (χ0v) is 9.63. The van der Waals surface area contributed by atoms with Crippen LogP contribution in [-0.2, 0) is 4.79 Å². The third-order valence-corrected chi connectivity index (χ3v) is 3.11. The Balaban J connectivity index is 1.77. The molecule has 2 unspecified atom stereocenters. The summed E-state index contributed by atoms with van der Waals surface area (Å²) < 4.78 is 5.56. The topological polar surface area (TPSA) is 58.6 Å². The Morgan fingerprint density at radius 1 is 1.41 bits per heavy atom. The maximum absolute atomic E-state index is 11.0. The molecule has 0 radical (unpaired) electrons. The van der Waals surface area contributed by atoms with Gasteiger partial charge in [0.2, 0.25) is 0 Å². The molecule has 0 aromatic heterocycles. The molecule has 0 amide bonds. The van der Waals surface area contributed by atoms with Gasteiger partial charge in [-0.2, -0.15) is 0 Å². The molecule has 2 N–H and O–H groups in total. The summed E-state index contributed by atoms with van der Waals surface area (Å²) in [5.41, 5.74) is 0. The number of para-hydroxylation sites is 1. The molecule has 0 aliphatic carbocycles. The zero-order valence-electron chi connectivity index (χ0n) is 9.63. The average molecular weight is 235 g/mol. The minimum absolute atomic E-state index is 0.0382. The number of benzene rings is 1. The fourth-order valence-electron chi connectivity index (χ4n) is 2.19. The first-order valence-corrected chi connectivity index (χ1v) is 5.91. The lowest BCUT2D eigenvalue weighted by atomic mass is 9.99. The second-order valence-electron chi connectivity index (χ2n) is 4.24. The molecule has 1 aromatic carbocycles. The van der Waals surface area contributed by atoms with Gasteiger partial charge in [0.05, 0.1) is 12.5 Å². The number of carboxylic acid groups (broad SMARTS) is 1. The molecule has 92 valence electrons. The van der Waals surface area contributed by atoms with Gasteiger partial charge in [-0.1, -0.05) is 18.2 Å². The van der Waals surface area contributed by atoms with Gasteiger partial charge in [0.1, 0.15) is 5.75 Å². The predicted molar refractivity (Wildman–Crippen MR) is 64.1 cm³/mol. The Morgan fingerprint density at radius 2 is 2.18 bits per heavy atom. The molecule has 0 spiro atoms. The molecule has 0 bridgehead atoms. The van der Waals surface area contributed by atoms with Crippen molar-refractivity contribution in [1.29, 1.82) is 0 Å². The van der Waals surface area contributed by atoms with E-state index in [1.54, 1.807) is 0 Å². The Bertz CT molecular complexity index is 366. The largest absolute Gasteiger partial charge is 0.494 e. The third kappa shape index (κ3) is 3.20. The summed E-state index contributed by atoms with van der Waals surface area (Å²) in [6.45, 7) is 1.33. The average Bonchev–Trinajstić information content (AvgIpc) is 2.79. The molecule has 4 heteroatoms. The van der Waals surface area contributed by atoms with Gasteiger partial charge in [0.25, 0.3) is 0 Å². The minimum Gasteiger partial charge on any atom is -0.494 e. The van der Waals surface area contributed by atoms with E-state index in [9.17, 15) is 4.79 Å². The van der Waals surface area contributed by atoms with Crippen LogP contribution >= 0.6 is 0 Å². The van der Waals surface area contributed by atoms with Crippen LogP contribution in [0.15, 0.2) is 30.3 Å². The number of ether oxygens (including phenoxy) is 1. The quantitative estimate of drug-likeness (QED) is 0.812. The van der Waals surface area contributed by atoms with Crippen LogP contribution < -0.4 is 10.1 Å². The van der Waals surface area contributed by atoms with E-state index >= 15 is 0 Å². The number of rotatable bonds is 5. The van der Waals surface area contributed by atoms with Gasteiger partial charge < -0.3 is 15.2 Å². The zero-order chi connectivity index (χ0) is 12.1. The predicted octanol–water partition coefficient (Wildman–Crippen LogP) is 1.52. The van der Waals surface area contributed by atoms with Gasteiger partial charge in [-0.25, -0.2) is 0 Å². The lowest BCUT2D eigenvalue weighted by Gasteiger charge is -2.16. The van der Waals surface area contributed by atoms with Crippen molar-refractivity contribution in [3.8, 4) is 5.75 Å². The summed E-state index contributed by atoms with van der Waals surface area (Å²) in [6.07, 6.45) is 1.44. The first-order chi connectivity index (χ1) is 8.27. The summed E-state index contributed by atoms with van der Waals surface area (Å²) in [6, 6.07) is 9.61. The second-order valence-corrected chi connectivity index (χ2v) is 4.24. The van der Waals surface area contributed by atoms with Crippen molar-refractivity contribution >= 4 is 5.97 Å². The van der Waals surface area contributed by atoms with Crippen LogP contribution in [0.3, 0.4) is 0 Å². The maximum Gasteiger partial charge on any atom is 0.308 e. The summed E-state index contributed by atoms with van der Waals surface area (Å²) in [7, 11) is 0. The first kappa shape index (κ1) is 11.9. The summed E-state index contributed by atoms with van der Waals surface area (Å²) in [5.74, 6) is -0.147. The molecule has 1 saturated heterocycles. The van der Waals surface area contributed by atoms with Crippen molar-refractivity contribution in [2.24, 2.45) is 5.92 Å². The molecule has 1 aliphatic rings. The van der Waals surface area contributed by atoms with Crippen molar-refractivity contribution in [2.45, 2.75) is 18.9 Å². The van der Waals surface area contributed by atoms with E-state index in [0.717, 1.165) is 18.7 Å². The van der Waals surface area contributed by atoms with E-state index in [-0.39, 0.29) is 12.0 Å². The van der Waals surface area contributed by atoms with Crippen molar-refractivity contribution in [3.63, 3.8) is 0 Å². The highest BCUT2D eigenvalue weighted by atomic mass is 16.5. The fourth-order valence-corrected chi connectivity index (χ4v) is 2.19. The molecule has 1 aliphatic heterocycles. The molecular weight excluding hydrogens is 218 g/mol. The van der Waals surface area contributed by atoms with Crippen molar-refractivity contribution < 1.29 is 14.6 Å². The lowest BCUT2D eigenvalue weighted by molar-refractivity contribution is -0.142. The van der Waals surface area contributed by atoms with Gasteiger partial charge in [-0.3, -0.25) is 4.79 Å². The Labute approximate surface area is 101 Å². The van der Waals surface area contributed by atoms with Gasteiger partial charge in [-0.15, -0.1) is 0 Å². The van der Waals surface area contributed by atoms with E-state index in [1.165, 1.54) is 0 Å². The molecular formula is C13H17NO3. The third-order valence-electron chi connectivity index (χ3n) is 3.11. The van der Waals surface area contributed by atoms with Crippen LogP contribution in [0.5, 0.6) is 5.75 Å². The SMILES string of the molecule is O=C(O)C1CCNC1CCOc1ccccc1. The molecule has 2 atom stereocenters. The van der Waals surface area contributed by atoms with Crippen molar-refractivity contribution in [2.75, 3.05) is 13.2 Å². The molecule has 1 heterocycles. The lowest BCUT2D eigenvalue weighted by Crippen LogP contribution is -2.32. The number of hydrogen-bond donors (Lipinski definition) is 2. The van der Waals surface area contributed by atoms with Crippen LogP contribution in [0.1, 0.15) is 12.8 Å². The van der Waals surface area contributed by atoms with E-state index in [2.05, 4.69) is 5.32 Å². The van der Waals surface area contributed by atoms with Crippen LogP contribution in [0.2, 0.25) is 0 Å². The Hall–Kier alpha value is -1.55. The smallest absolute Gasteiger partial charge is 0.308 e. The van der Waals surface area contributed by atoms with Gasteiger partial charge in [-0.05, 0) is 31.5 Å². The molecule has 0 saturated carbocycles. The van der Waals surface area contributed by atoms with Gasteiger partial charge in [0, 0.05) is 6.04 Å². The number of hydrogen-bond acceptors (Lipinski definition) is 3. The van der Waals surface area contributed by atoms with E-state index in [4.69, 9.17) is 9.84 Å². The van der Waals surface area contributed by atoms with Gasteiger partial charge >= 0.3 is 5.97 Å². The molecule has 1 fully saturated rings. The highest BCUT2D eigenvalue weighted by Gasteiger charge is 2.32. The highest BCUT2D eigenvalue weighted by Crippen LogP contribution is 2.19. The Morgan fingerprint density at radius 3 is 2.88 bits per heavy atom. The molecule has 1 aromatic rings. The summed E-state index contributed by atoms with van der Waals surface area (Å²) in [4.78, 5) is 11.0. The van der Waals surface area contributed by atoms with Crippen LogP contribution in [0.4, 0.5) is 0 Å². The monoisotopic (exact) mass is 235 g/mol. The highest BCUT2D eigenvalue weighted by molar-refractivity contribution is 5.71. The second kappa shape index (κ2) is 5.68. The number of carbonyl (C=O) groups is 1. The van der Waals surface area contributed by atoms with Crippen LogP contribution in [-0.4, -0.2) is 30.3 Å². The van der Waals surface area contributed by atoms with Crippen molar-refractivity contribution in [3.05, 3.63) is 30.3 Å². The van der Waals surface area contributed by atoms with E-state index in [0.29, 0.717) is 13.0 Å². The van der Waals surface area contributed by atoms with Crippen LogP contribution in [0.25, 0.3) is 0 Å². The molecule has 17 heavy (non-hydrogen) atoms. The minimum atomic E-state index is -0.709. The van der Waals surface area contributed by atoms with Gasteiger partial charge in [0.15, 0.2) is 0 Å². The molecule has 2 rings (SSSR count). The fraction of sp³-hybridized carbons (Fsp3) is 0.462. The summed E-state index contributed by atoms with van der Waals surface area (Å²) in [5, 5.41) is 12.2. The van der Waals surface area contributed by atoms with Crippen LogP contribution in [0, 0.1) is 5.92 Å². The molecule has 4 nitrogen and oxygen atoms in total.